The van der Waals surface area contributed by atoms with Crippen LogP contribution in [-0.4, -0.2) is 38.9 Å². The number of carbonyl (C=O) groups excluding carboxylic acids is 1. The maximum Gasteiger partial charge on any atom is 0.432 e. The molecule has 250 valence electrons. The molecule has 16 heteroatoms. The first kappa shape index (κ1) is 34.7. The minimum Gasteiger partial charge on any atom is -0.403 e. The van der Waals surface area contributed by atoms with Crippen molar-refractivity contribution in [2.24, 2.45) is 28.2 Å². The van der Waals surface area contributed by atoms with Crippen LogP contribution in [0.25, 0.3) is 11.3 Å². The van der Waals surface area contributed by atoms with Crippen LogP contribution in [-0.2, 0) is 11.2 Å². The fraction of sp³-hybridized carbons (Fsp3) is 0.323. The molecular weight excluding hydrogens is 625 g/mol. The van der Waals surface area contributed by atoms with Gasteiger partial charge in [0.2, 0.25) is 5.91 Å². The molecule has 0 fully saturated rings. The lowest BCUT2D eigenvalue weighted by molar-refractivity contribution is -0.123. The van der Waals surface area contributed by atoms with Crippen molar-refractivity contribution < 1.29 is 26.7 Å². The summed E-state index contributed by atoms with van der Waals surface area (Å²) in [5, 5.41) is 3.29. The molecular formula is C31H34F5N9O2. The number of carbonyl (C=O) groups is 1. The monoisotopic (exact) mass is 659 g/mol. The van der Waals surface area contributed by atoms with Crippen LogP contribution in [0.2, 0.25) is 0 Å². The highest BCUT2D eigenvalue weighted by Gasteiger charge is 2.32. The zero-order valence-corrected chi connectivity index (χ0v) is 25.5. The van der Waals surface area contributed by atoms with Gasteiger partial charge in [-0.25, -0.2) is 15.8 Å². The van der Waals surface area contributed by atoms with E-state index in [0.29, 0.717) is 42.6 Å². The summed E-state index contributed by atoms with van der Waals surface area (Å²) in [6.07, 6.45) is 1.11. The first-order chi connectivity index (χ1) is 22.2. The van der Waals surface area contributed by atoms with E-state index in [4.69, 9.17) is 17.3 Å². The summed E-state index contributed by atoms with van der Waals surface area (Å²) in [6, 6.07) is 8.25. The number of halogens is 5. The smallest absolute Gasteiger partial charge is 0.403 e. The van der Waals surface area contributed by atoms with E-state index in [0.717, 1.165) is 11.8 Å². The number of alkyl halides is 5. The number of aromatic nitrogens is 3. The molecule has 11 nitrogen and oxygen atoms in total. The van der Waals surface area contributed by atoms with Gasteiger partial charge in [-0.1, -0.05) is 26.3 Å². The topological polar surface area (TPSA) is 171 Å². The molecule has 2 unspecified atom stereocenters. The number of nitrogens with two attached hydrogens (primary N) is 3. The Balaban J connectivity index is 1.83. The molecule has 0 spiro atoms. The lowest BCUT2D eigenvalue weighted by Crippen LogP contribution is -2.34. The fourth-order valence-electron chi connectivity index (χ4n) is 5.11. The van der Waals surface area contributed by atoms with Crippen LogP contribution in [0.15, 0.2) is 82.5 Å². The van der Waals surface area contributed by atoms with Crippen molar-refractivity contribution >= 4 is 17.3 Å². The van der Waals surface area contributed by atoms with Gasteiger partial charge in [0.15, 0.2) is 0 Å². The summed E-state index contributed by atoms with van der Waals surface area (Å²) in [5.74, 6) is 4.99. The molecule has 0 saturated heterocycles. The Bertz CT molecular complexity index is 1770. The van der Waals surface area contributed by atoms with Gasteiger partial charge in [-0.2, -0.15) is 22.0 Å². The number of fused-ring (bicyclic) bond motifs is 2. The normalized spacial score (nSPS) is 19.8. The second-order valence-electron chi connectivity index (χ2n) is 10.9. The van der Waals surface area contributed by atoms with E-state index in [9.17, 15) is 31.5 Å². The number of nitrogens with zero attached hydrogens (tertiary/aromatic N) is 5. The third-order valence-electron chi connectivity index (χ3n) is 7.67. The molecule has 1 amide bonds. The van der Waals surface area contributed by atoms with Crippen molar-refractivity contribution in [1.82, 2.24) is 19.9 Å². The predicted molar refractivity (Wildman–Crippen MR) is 167 cm³/mol. The SMILES string of the molecule is CCc1ccc(N(N)/C=C(\N)C(F)(F)F)c(-c2cc(=O)n(C3CCCC(C)C(=O)NC(=CN)C(=NC(F)F)c4ccnc3c4)cn2)c1. The molecule has 3 aromatic rings. The molecule has 0 saturated carbocycles. The average Bonchev–Trinajstić information content (AvgIpc) is 3.03. The summed E-state index contributed by atoms with van der Waals surface area (Å²) in [6.45, 7) is 0.439. The van der Waals surface area contributed by atoms with Gasteiger partial charge in [0.05, 0.1) is 40.9 Å². The van der Waals surface area contributed by atoms with Crippen molar-refractivity contribution in [3.05, 3.63) is 99.9 Å². The number of hydrogen-bond acceptors (Lipinski definition) is 9. The average molecular weight is 660 g/mol. The molecule has 0 radical (unpaired) electrons. The Morgan fingerprint density at radius 3 is 2.55 bits per heavy atom. The van der Waals surface area contributed by atoms with Crippen LogP contribution in [0.3, 0.4) is 0 Å². The van der Waals surface area contributed by atoms with Crippen molar-refractivity contribution in [3.8, 4) is 11.3 Å². The highest BCUT2D eigenvalue weighted by molar-refractivity contribution is 6.14. The summed E-state index contributed by atoms with van der Waals surface area (Å²) in [7, 11) is 0. The first-order valence-electron chi connectivity index (χ1n) is 14.6. The number of pyridine rings is 1. The second-order valence-corrected chi connectivity index (χ2v) is 10.9. The van der Waals surface area contributed by atoms with E-state index in [1.165, 1.54) is 41.4 Å². The minimum atomic E-state index is -4.81. The van der Waals surface area contributed by atoms with Crippen molar-refractivity contribution in [3.63, 3.8) is 0 Å². The van der Waals surface area contributed by atoms with Gasteiger partial charge >= 0.3 is 12.7 Å². The number of nitrogens with one attached hydrogen (secondary N) is 1. The Hall–Kier alpha value is -5.12. The van der Waals surface area contributed by atoms with Crippen molar-refractivity contribution in [2.45, 2.75) is 58.3 Å². The molecule has 2 aromatic heterocycles. The Kier molecular flexibility index (Phi) is 10.7. The van der Waals surface area contributed by atoms with Gasteiger partial charge in [0.25, 0.3) is 5.56 Å². The minimum absolute atomic E-state index is 0.106. The van der Waals surface area contributed by atoms with E-state index >= 15 is 0 Å². The number of aryl methyl sites for hydroxylation is 1. The van der Waals surface area contributed by atoms with Crippen LogP contribution < -0.4 is 33.2 Å². The molecule has 47 heavy (non-hydrogen) atoms. The zero-order chi connectivity index (χ0) is 34.5. The molecule has 2 bridgehead atoms. The lowest BCUT2D eigenvalue weighted by Gasteiger charge is -2.23. The Morgan fingerprint density at radius 1 is 1.17 bits per heavy atom. The third-order valence-corrected chi connectivity index (χ3v) is 7.67. The van der Waals surface area contributed by atoms with Crippen molar-refractivity contribution in [2.75, 3.05) is 5.01 Å². The molecule has 1 aliphatic rings. The Labute approximate surface area is 266 Å². The van der Waals surface area contributed by atoms with E-state index in [-0.39, 0.29) is 33.9 Å². The van der Waals surface area contributed by atoms with Crippen LogP contribution in [0, 0.1) is 5.92 Å². The van der Waals surface area contributed by atoms with Crippen LogP contribution >= 0.6 is 0 Å². The summed E-state index contributed by atoms with van der Waals surface area (Å²) < 4.78 is 67.7. The first-order valence-corrected chi connectivity index (χ1v) is 14.6. The van der Waals surface area contributed by atoms with Gasteiger partial charge in [0, 0.05) is 41.7 Å². The maximum absolute atomic E-state index is 13.7. The number of amides is 1. The molecule has 2 atom stereocenters. The number of hydrazine groups is 1. The van der Waals surface area contributed by atoms with Crippen molar-refractivity contribution in [1.29, 1.82) is 0 Å². The molecule has 4 rings (SSSR count). The lowest BCUT2D eigenvalue weighted by atomic mass is 9.96. The van der Waals surface area contributed by atoms with Crippen LogP contribution in [0.1, 0.15) is 56.0 Å². The maximum atomic E-state index is 13.7. The van der Waals surface area contributed by atoms with Crippen LogP contribution in [0.5, 0.6) is 0 Å². The van der Waals surface area contributed by atoms with Crippen LogP contribution in [0.4, 0.5) is 27.6 Å². The van der Waals surface area contributed by atoms with Gasteiger partial charge in [-0.15, -0.1) is 0 Å². The summed E-state index contributed by atoms with van der Waals surface area (Å²) in [4.78, 5) is 38.9. The number of benzene rings is 1. The molecule has 1 aromatic carbocycles. The largest absolute Gasteiger partial charge is 0.432 e. The third kappa shape index (κ3) is 8.19. The van der Waals surface area contributed by atoms with Gasteiger partial charge in [0.1, 0.15) is 5.70 Å². The molecule has 0 aliphatic carbocycles. The van der Waals surface area contributed by atoms with E-state index in [1.54, 1.807) is 19.1 Å². The highest BCUT2D eigenvalue weighted by Crippen LogP contribution is 2.32. The number of hydrogen-bond donors (Lipinski definition) is 4. The standard InChI is InChI=1S/C31H34F5N9O2/c1-3-18-7-8-24(45(39)15-26(38)31(34,35)36)20(11-18)21-13-27(46)44(16-41-21)25-6-4-5-17(2)29(47)42-23(14-37)28(43-30(32)33)19-9-10-40-22(25)12-19/h7-17,25,30H,3-6,37-39H2,1-2H3,(H,42,47)/b23-14?,26-15-,43-28?. The quantitative estimate of drug-likeness (QED) is 0.132. The molecule has 3 heterocycles. The number of aliphatic imine (C=N–C) groups is 1. The van der Waals surface area contributed by atoms with E-state index < -0.39 is 41.8 Å². The Morgan fingerprint density at radius 2 is 1.91 bits per heavy atom. The summed E-state index contributed by atoms with van der Waals surface area (Å²) >= 11 is 0. The van der Waals surface area contributed by atoms with Gasteiger partial charge < -0.3 is 16.8 Å². The zero-order valence-electron chi connectivity index (χ0n) is 25.5. The fourth-order valence-corrected chi connectivity index (χ4v) is 5.11. The second kappa shape index (κ2) is 14.5. The number of anilines is 1. The predicted octanol–water partition coefficient (Wildman–Crippen LogP) is 4.25. The molecule has 7 N–H and O–H groups in total. The molecule has 1 aliphatic heterocycles. The number of allylic oxidation sites excluding steroid dienone is 2. The van der Waals surface area contributed by atoms with E-state index in [2.05, 4.69) is 20.3 Å². The number of rotatable bonds is 6. The highest BCUT2D eigenvalue weighted by atomic mass is 19.4. The van der Waals surface area contributed by atoms with E-state index in [1.807, 2.05) is 6.92 Å². The summed E-state index contributed by atoms with van der Waals surface area (Å²) in [5.41, 5.74) is 10.4. The van der Waals surface area contributed by atoms with Gasteiger partial charge in [-0.05, 0) is 49.1 Å². The van der Waals surface area contributed by atoms with Gasteiger partial charge in [-0.3, -0.25) is 24.1 Å².